The van der Waals surface area contributed by atoms with E-state index in [1.54, 1.807) is 11.3 Å². The fourth-order valence-electron chi connectivity index (χ4n) is 3.15. The summed E-state index contributed by atoms with van der Waals surface area (Å²) in [5.74, 6) is 0. The number of thiophene rings is 1. The highest BCUT2D eigenvalue weighted by Crippen LogP contribution is 2.31. The van der Waals surface area contributed by atoms with Gasteiger partial charge in [0.25, 0.3) is 0 Å². The molecule has 3 rings (SSSR count). The van der Waals surface area contributed by atoms with Crippen LogP contribution < -0.4 is 5.32 Å². The molecule has 1 aliphatic rings. The highest BCUT2D eigenvalue weighted by molar-refractivity contribution is 7.07. The maximum atomic E-state index is 6.06. The average molecular weight is 301 g/mol. The molecule has 0 aliphatic carbocycles. The first-order valence-electron chi connectivity index (χ1n) is 7.80. The van der Waals surface area contributed by atoms with Gasteiger partial charge < -0.3 is 10.1 Å². The number of ether oxygens (including phenoxy) is 1. The number of likely N-dealkylation sites (N-methyl/N-ethyl adjacent to an activating group) is 1. The van der Waals surface area contributed by atoms with Crippen molar-refractivity contribution in [2.24, 2.45) is 0 Å². The largest absolute Gasteiger partial charge is 0.373 e. The Morgan fingerprint density at radius 3 is 3.05 bits per heavy atom. The van der Waals surface area contributed by atoms with Gasteiger partial charge in [0.2, 0.25) is 0 Å². The monoisotopic (exact) mass is 301 g/mol. The second kappa shape index (κ2) is 7.21. The van der Waals surface area contributed by atoms with Gasteiger partial charge in [0.1, 0.15) is 0 Å². The van der Waals surface area contributed by atoms with Crippen LogP contribution in [0.15, 0.2) is 41.1 Å². The van der Waals surface area contributed by atoms with E-state index in [9.17, 15) is 0 Å². The van der Waals surface area contributed by atoms with E-state index < -0.39 is 0 Å². The molecule has 2 heterocycles. The topological polar surface area (TPSA) is 21.3 Å². The smallest absolute Gasteiger partial charge is 0.0842 e. The predicted octanol–water partition coefficient (Wildman–Crippen LogP) is 3.97. The first kappa shape index (κ1) is 14.8. The lowest BCUT2D eigenvalue weighted by atomic mass is 9.92. The van der Waals surface area contributed by atoms with Crippen LogP contribution in [-0.4, -0.2) is 19.2 Å². The van der Waals surface area contributed by atoms with Crippen molar-refractivity contribution in [3.63, 3.8) is 0 Å². The van der Waals surface area contributed by atoms with Gasteiger partial charge in [-0.15, -0.1) is 0 Å². The maximum absolute atomic E-state index is 6.06. The number of fused-ring (bicyclic) bond motifs is 1. The number of hydrogen-bond donors (Lipinski definition) is 1. The Balaban J connectivity index is 1.71. The Kier molecular flexibility index (Phi) is 5.07. The van der Waals surface area contributed by atoms with Crippen molar-refractivity contribution in [1.82, 2.24) is 5.32 Å². The zero-order chi connectivity index (χ0) is 14.5. The quantitative estimate of drug-likeness (QED) is 0.871. The molecule has 0 saturated heterocycles. The molecule has 1 aliphatic heterocycles. The van der Waals surface area contributed by atoms with Crippen LogP contribution in [0.4, 0.5) is 0 Å². The van der Waals surface area contributed by atoms with Gasteiger partial charge in [-0.1, -0.05) is 31.2 Å². The van der Waals surface area contributed by atoms with Crippen LogP contribution in [0, 0.1) is 0 Å². The van der Waals surface area contributed by atoms with Crippen molar-refractivity contribution in [1.29, 1.82) is 0 Å². The summed E-state index contributed by atoms with van der Waals surface area (Å²) in [6.45, 7) is 4.03. The van der Waals surface area contributed by atoms with Crippen molar-refractivity contribution in [3.8, 4) is 0 Å². The summed E-state index contributed by atoms with van der Waals surface area (Å²) in [6, 6.07) is 11.4. The van der Waals surface area contributed by atoms with Gasteiger partial charge in [-0.25, -0.2) is 0 Å². The molecule has 0 amide bonds. The SMILES string of the molecule is CCNC(Cc1ccsc1)CC1OCCc2ccccc21. The Morgan fingerprint density at radius 2 is 2.24 bits per heavy atom. The Bertz CT molecular complexity index is 552. The molecular formula is C18H23NOS. The first-order valence-corrected chi connectivity index (χ1v) is 8.75. The molecule has 0 fully saturated rings. The fraction of sp³-hybridized carbons (Fsp3) is 0.444. The molecule has 1 aromatic carbocycles. The third-order valence-electron chi connectivity index (χ3n) is 4.15. The molecule has 0 saturated carbocycles. The lowest BCUT2D eigenvalue weighted by Gasteiger charge is -2.29. The minimum absolute atomic E-state index is 0.234. The van der Waals surface area contributed by atoms with Gasteiger partial charge in [0.15, 0.2) is 0 Å². The second-order valence-electron chi connectivity index (χ2n) is 5.63. The lowest BCUT2D eigenvalue weighted by molar-refractivity contribution is 0.0296. The molecule has 112 valence electrons. The summed E-state index contributed by atoms with van der Waals surface area (Å²) in [6.07, 6.45) is 3.40. The molecular weight excluding hydrogens is 278 g/mol. The zero-order valence-electron chi connectivity index (χ0n) is 12.5. The second-order valence-corrected chi connectivity index (χ2v) is 6.41. The standard InChI is InChI=1S/C18H23NOS/c1-2-19-16(11-14-8-10-21-13-14)12-18-17-6-4-3-5-15(17)7-9-20-18/h3-6,8,10,13,16,18-19H,2,7,9,11-12H2,1H3. The summed E-state index contributed by atoms with van der Waals surface area (Å²) in [7, 11) is 0. The van der Waals surface area contributed by atoms with E-state index >= 15 is 0 Å². The molecule has 1 aromatic heterocycles. The molecule has 0 radical (unpaired) electrons. The highest BCUT2D eigenvalue weighted by atomic mass is 32.1. The molecule has 3 heteroatoms. The van der Waals surface area contributed by atoms with Crippen molar-refractivity contribution < 1.29 is 4.74 Å². The lowest BCUT2D eigenvalue weighted by Crippen LogP contribution is -2.34. The van der Waals surface area contributed by atoms with Crippen molar-refractivity contribution in [2.45, 2.75) is 38.3 Å². The van der Waals surface area contributed by atoms with Crippen LogP contribution in [0.3, 0.4) is 0 Å². The Labute approximate surface area is 131 Å². The highest BCUT2D eigenvalue weighted by Gasteiger charge is 2.23. The molecule has 2 nitrogen and oxygen atoms in total. The molecule has 2 aromatic rings. The Hall–Kier alpha value is -1.16. The summed E-state index contributed by atoms with van der Waals surface area (Å²) >= 11 is 1.78. The average Bonchev–Trinajstić information content (AvgIpc) is 3.01. The molecule has 2 unspecified atom stereocenters. The van der Waals surface area contributed by atoms with E-state index in [1.165, 1.54) is 16.7 Å². The van der Waals surface area contributed by atoms with E-state index in [2.05, 4.69) is 53.3 Å². The zero-order valence-corrected chi connectivity index (χ0v) is 13.4. The summed E-state index contributed by atoms with van der Waals surface area (Å²) in [5.41, 5.74) is 4.27. The minimum atomic E-state index is 0.234. The summed E-state index contributed by atoms with van der Waals surface area (Å²) in [4.78, 5) is 0. The van der Waals surface area contributed by atoms with Crippen LogP contribution in [0.5, 0.6) is 0 Å². The van der Waals surface area contributed by atoms with E-state index in [4.69, 9.17) is 4.74 Å². The number of benzene rings is 1. The van der Waals surface area contributed by atoms with Gasteiger partial charge in [0.05, 0.1) is 12.7 Å². The number of rotatable bonds is 6. The van der Waals surface area contributed by atoms with E-state index in [0.29, 0.717) is 6.04 Å². The van der Waals surface area contributed by atoms with Crippen LogP contribution >= 0.6 is 11.3 Å². The van der Waals surface area contributed by atoms with E-state index in [0.717, 1.165) is 32.4 Å². The first-order chi connectivity index (χ1) is 10.4. The van der Waals surface area contributed by atoms with E-state index in [-0.39, 0.29) is 6.10 Å². The maximum Gasteiger partial charge on any atom is 0.0842 e. The number of hydrogen-bond acceptors (Lipinski definition) is 3. The van der Waals surface area contributed by atoms with Crippen molar-refractivity contribution in [3.05, 3.63) is 57.8 Å². The summed E-state index contributed by atoms with van der Waals surface area (Å²) in [5, 5.41) is 8.03. The molecule has 1 N–H and O–H groups in total. The van der Waals surface area contributed by atoms with Crippen LogP contribution in [0.2, 0.25) is 0 Å². The van der Waals surface area contributed by atoms with Crippen LogP contribution in [0.1, 0.15) is 36.1 Å². The fourth-order valence-corrected chi connectivity index (χ4v) is 3.83. The molecule has 0 bridgehead atoms. The van der Waals surface area contributed by atoms with Gasteiger partial charge in [-0.2, -0.15) is 11.3 Å². The normalized spacial score (nSPS) is 19.2. The van der Waals surface area contributed by atoms with Gasteiger partial charge >= 0.3 is 0 Å². The van der Waals surface area contributed by atoms with Crippen LogP contribution in [0.25, 0.3) is 0 Å². The Morgan fingerprint density at radius 1 is 1.33 bits per heavy atom. The van der Waals surface area contributed by atoms with Gasteiger partial charge in [0, 0.05) is 6.04 Å². The van der Waals surface area contributed by atoms with Crippen LogP contribution in [-0.2, 0) is 17.6 Å². The van der Waals surface area contributed by atoms with Gasteiger partial charge in [-0.05, 0) is 59.3 Å². The van der Waals surface area contributed by atoms with Crippen molar-refractivity contribution in [2.75, 3.05) is 13.2 Å². The molecule has 0 spiro atoms. The minimum Gasteiger partial charge on any atom is -0.373 e. The van der Waals surface area contributed by atoms with E-state index in [1.807, 2.05) is 0 Å². The van der Waals surface area contributed by atoms with Gasteiger partial charge in [-0.3, -0.25) is 0 Å². The van der Waals surface area contributed by atoms with Crippen molar-refractivity contribution >= 4 is 11.3 Å². The third-order valence-corrected chi connectivity index (χ3v) is 4.88. The number of nitrogens with one attached hydrogen (secondary N) is 1. The molecule has 2 atom stereocenters. The predicted molar refractivity (Wildman–Crippen MR) is 88.9 cm³/mol. The molecule has 21 heavy (non-hydrogen) atoms. The third kappa shape index (κ3) is 3.73. The summed E-state index contributed by atoms with van der Waals surface area (Å²) < 4.78 is 6.06.